The van der Waals surface area contributed by atoms with Crippen molar-refractivity contribution in [2.45, 2.75) is 19.9 Å². The molecule has 7 heteroatoms. The lowest BCUT2D eigenvalue weighted by Gasteiger charge is -2.06. The van der Waals surface area contributed by atoms with Crippen LogP contribution < -0.4 is 5.32 Å². The van der Waals surface area contributed by atoms with Gasteiger partial charge in [0.15, 0.2) is 5.76 Å². The molecule has 0 aliphatic heterocycles. The zero-order chi connectivity index (χ0) is 18.8. The molecule has 0 spiro atoms. The van der Waals surface area contributed by atoms with Gasteiger partial charge in [-0.05, 0) is 42.8 Å². The Kier molecular flexibility index (Phi) is 4.42. The topological polar surface area (TPSA) is 83.8 Å². The zero-order valence-electron chi connectivity index (χ0n) is 14.6. The van der Waals surface area contributed by atoms with Crippen molar-refractivity contribution in [3.05, 3.63) is 71.6 Å². The summed E-state index contributed by atoms with van der Waals surface area (Å²) in [4.78, 5) is 19.9. The Morgan fingerprint density at radius 3 is 2.93 bits per heavy atom. The van der Waals surface area contributed by atoms with E-state index in [-0.39, 0.29) is 24.7 Å². The van der Waals surface area contributed by atoms with Crippen LogP contribution in [0, 0.1) is 12.7 Å². The molecule has 1 amide bonds. The summed E-state index contributed by atoms with van der Waals surface area (Å²) in [5.41, 5.74) is 3.84. The third-order valence-electron chi connectivity index (χ3n) is 4.29. The fourth-order valence-electron chi connectivity index (χ4n) is 3.07. The van der Waals surface area contributed by atoms with E-state index >= 15 is 0 Å². The van der Waals surface area contributed by atoms with Crippen LogP contribution in [-0.4, -0.2) is 21.0 Å². The molecule has 3 heterocycles. The van der Waals surface area contributed by atoms with Gasteiger partial charge in [0, 0.05) is 34.9 Å². The van der Waals surface area contributed by atoms with Gasteiger partial charge in [-0.25, -0.2) is 4.39 Å². The summed E-state index contributed by atoms with van der Waals surface area (Å²) < 4.78 is 18.9. The van der Waals surface area contributed by atoms with E-state index < -0.39 is 0 Å². The first-order valence-electron chi connectivity index (χ1n) is 8.49. The molecule has 1 aromatic carbocycles. The van der Waals surface area contributed by atoms with Crippen molar-refractivity contribution in [1.29, 1.82) is 0 Å². The van der Waals surface area contributed by atoms with Crippen LogP contribution in [-0.2, 0) is 17.8 Å². The molecule has 0 saturated heterocycles. The van der Waals surface area contributed by atoms with Crippen molar-refractivity contribution >= 4 is 16.8 Å². The van der Waals surface area contributed by atoms with Crippen molar-refractivity contribution in [3.63, 3.8) is 0 Å². The number of aryl methyl sites for hydroxylation is 1. The van der Waals surface area contributed by atoms with E-state index in [0.717, 1.165) is 28.0 Å². The molecular formula is C20H17FN4O2. The minimum absolute atomic E-state index is 0.0980. The number of halogens is 1. The molecule has 0 unspecified atom stereocenters. The van der Waals surface area contributed by atoms with Crippen LogP contribution in [0.1, 0.15) is 17.0 Å². The normalized spacial score (nSPS) is 11.0. The molecule has 0 atom stereocenters. The number of nitrogens with zero attached hydrogens (tertiary/aromatic N) is 2. The van der Waals surface area contributed by atoms with Crippen LogP contribution in [0.2, 0.25) is 0 Å². The van der Waals surface area contributed by atoms with Crippen LogP contribution in [0.4, 0.5) is 4.39 Å². The monoisotopic (exact) mass is 364 g/mol. The van der Waals surface area contributed by atoms with E-state index in [2.05, 4.69) is 20.4 Å². The van der Waals surface area contributed by atoms with Gasteiger partial charge in [-0.3, -0.25) is 9.78 Å². The SMILES string of the molecule is Cc1cc(CNC(=O)Cc2c(-c3cccnc3)[nH]c3ccc(F)cc23)on1. The Labute approximate surface area is 154 Å². The van der Waals surface area contributed by atoms with Crippen molar-refractivity contribution in [2.24, 2.45) is 0 Å². The number of hydrogen-bond donors (Lipinski definition) is 2. The smallest absolute Gasteiger partial charge is 0.224 e. The number of carbonyl (C=O) groups excluding carboxylic acids is 1. The van der Waals surface area contributed by atoms with Gasteiger partial charge >= 0.3 is 0 Å². The first-order chi connectivity index (χ1) is 13.1. The third kappa shape index (κ3) is 3.57. The van der Waals surface area contributed by atoms with Crippen molar-refractivity contribution < 1.29 is 13.7 Å². The summed E-state index contributed by atoms with van der Waals surface area (Å²) in [6.45, 7) is 2.06. The number of rotatable bonds is 5. The lowest BCUT2D eigenvalue weighted by Crippen LogP contribution is -2.24. The maximum atomic E-state index is 13.8. The summed E-state index contributed by atoms with van der Waals surface area (Å²) in [7, 11) is 0. The fraction of sp³-hybridized carbons (Fsp3) is 0.150. The fourth-order valence-corrected chi connectivity index (χ4v) is 3.07. The zero-order valence-corrected chi connectivity index (χ0v) is 14.6. The van der Waals surface area contributed by atoms with Gasteiger partial charge in [0.05, 0.1) is 24.4 Å². The quantitative estimate of drug-likeness (QED) is 0.567. The van der Waals surface area contributed by atoms with Crippen LogP contribution >= 0.6 is 0 Å². The molecule has 4 rings (SSSR count). The minimum atomic E-state index is -0.349. The van der Waals surface area contributed by atoms with E-state index in [1.54, 1.807) is 24.5 Å². The largest absolute Gasteiger partial charge is 0.359 e. The molecule has 2 N–H and O–H groups in total. The highest BCUT2D eigenvalue weighted by Crippen LogP contribution is 2.31. The van der Waals surface area contributed by atoms with E-state index in [1.807, 2.05) is 19.1 Å². The lowest BCUT2D eigenvalue weighted by molar-refractivity contribution is -0.120. The van der Waals surface area contributed by atoms with Gasteiger partial charge in [0.1, 0.15) is 5.82 Å². The Morgan fingerprint density at radius 2 is 2.19 bits per heavy atom. The van der Waals surface area contributed by atoms with E-state index in [4.69, 9.17) is 4.52 Å². The van der Waals surface area contributed by atoms with Crippen LogP contribution in [0.25, 0.3) is 22.2 Å². The van der Waals surface area contributed by atoms with E-state index in [1.165, 1.54) is 12.1 Å². The Bertz CT molecular complexity index is 1100. The van der Waals surface area contributed by atoms with E-state index in [9.17, 15) is 9.18 Å². The van der Waals surface area contributed by atoms with Crippen LogP contribution in [0.15, 0.2) is 53.3 Å². The summed E-state index contributed by atoms with van der Waals surface area (Å²) in [6, 6.07) is 9.98. The first-order valence-corrected chi connectivity index (χ1v) is 8.49. The van der Waals surface area contributed by atoms with Gasteiger partial charge in [0.2, 0.25) is 5.91 Å². The molecule has 0 fully saturated rings. The van der Waals surface area contributed by atoms with Gasteiger partial charge < -0.3 is 14.8 Å². The van der Waals surface area contributed by atoms with Gasteiger partial charge in [0.25, 0.3) is 0 Å². The van der Waals surface area contributed by atoms with Crippen molar-refractivity contribution in [3.8, 4) is 11.3 Å². The Morgan fingerprint density at radius 1 is 1.30 bits per heavy atom. The Hall–Kier alpha value is -3.48. The number of aromatic amines is 1. The number of carbonyl (C=O) groups is 1. The molecule has 4 aromatic rings. The molecule has 6 nitrogen and oxygen atoms in total. The number of amides is 1. The van der Waals surface area contributed by atoms with Crippen molar-refractivity contribution in [1.82, 2.24) is 20.4 Å². The summed E-state index contributed by atoms with van der Waals surface area (Å²) in [6.07, 6.45) is 3.48. The third-order valence-corrected chi connectivity index (χ3v) is 4.29. The number of fused-ring (bicyclic) bond motifs is 1. The minimum Gasteiger partial charge on any atom is -0.359 e. The highest BCUT2D eigenvalue weighted by atomic mass is 19.1. The average molecular weight is 364 g/mol. The average Bonchev–Trinajstić information content (AvgIpc) is 3.24. The molecule has 3 aromatic heterocycles. The molecule has 0 aliphatic rings. The molecular weight excluding hydrogens is 347 g/mol. The summed E-state index contributed by atoms with van der Waals surface area (Å²) in [5, 5.41) is 7.29. The second kappa shape index (κ2) is 7.03. The van der Waals surface area contributed by atoms with E-state index in [0.29, 0.717) is 11.1 Å². The summed E-state index contributed by atoms with van der Waals surface area (Å²) >= 11 is 0. The maximum Gasteiger partial charge on any atom is 0.224 e. The second-order valence-electron chi connectivity index (χ2n) is 6.30. The highest BCUT2D eigenvalue weighted by Gasteiger charge is 2.17. The number of pyridine rings is 1. The Balaban J connectivity index is 1.64. The predicted molar refractivity (Wildman–Crippen MR) is 98.3 cm³/mol. The molecule has 0 aliphatic carbocycles. The number of hydrogen-bond acceptors (Lipinski definition) is 4. The van der Waals surface area contributed by atoms with Crippen LogP contribution in [0.5, 0.6) is 0 Å². The standard InChI is InChI=1S/C20H17FN4O2/c1-12-7-15(27-25-12)11-23-19(26)9-17-16-8-14(21)4-5-18(16)24-20(17)13-3-2-6-22-10-13/h2-8,10,24H,9,11H2,1H3,(H,23,26). The molecule has 27 heavy (non-hydrogen) atoms. The molecule has 0 saturated carbocycles. The molecule has 136 valence electrons. The predicted octanol–water partition coefficient (Wildman–Crippen LogP) is 3.52. The number of benzene rings is 1. The maximum absolute atomic E-state index is 13.8. The van der Waals surface area contributed by atoms with Gasteiger partial charge in [-0.2, -0.15) is 0 Å². The highest BCUT2D eigenvalue weighted by molar-refractivity contribution is 5.95. The van der Waals surface area contributed by atoms with Crippen molar-refractivity contribution in [2.75, 3.05) is 0 Å². The lowest BCUT2D eigenvalue weighted by atomic mass is 10.0. The number of nitrogens with one attached hydrogen (secondary N) is 2. The van der Waals surface area contributed by atoms with Gasteiger partial charge in [-0.1, -0.05) is 5.16 Å². The summed E-state index contributed by atoms with van der Waals surface area (Å²) in [5.74, 6) is 0.0377. The number of aromatic nitrogens is 3. The molecule has 0 bridgehead atoms. The van der Waals surface area contributed by atoms with Gasteiger partial charge in [-0.15, -0.1) is 0 Å². The molecule has 0 radical (unpaired) electrons. The second-order valence-corrected chi connectivity index (χ2v) is 6.30. The van der Waals surface area contributed by atoms with Crippen LogP contribution in [0.3, 0.4) is 0 Å². The number of H-pyrrole nitrogens is 1. The first kappa shape index (κ1) is 17.0.